The third-order valence-corrected chi connectivity index (χ3v) is 3.38. The van der Waals surface area contributed by atoms with Crippen molar-refractivity contribution >= 4 is 11.7 Å². The van der Waals surface area contributed by atoms with Crippen LogP contribution in [0.25, 0.3) is 0 Å². The molecule has 0 spiro atoms. The van der Waals surface area contributed by atoms with E-state index in [0.29, 0.717) is 0 Å². The van der Waals surface area contributed by atoms with Gasteiger partial charge in [0.25, 0.3) is 0 Å². The molecule has 5 nitrogen and oxygen atoms in total. The number of ether oxygens (including phenoxy) is 1. The molecule has 104 valence electrons. The molecule has 0 atom stereocenters. The first-order chi connectivity index (χ1) is 9.15. The van der Waals surface area contributed by atoms with E-state index in [9.17, 15) is 4.79 Å². The van der Waals surface area contributed by atoms with Gasteiger partial charge in [-0.05, 0) is 30.5 Å². The van der Waals surface area contributed by atoms with Crippen LogP contribution in [0.4, 0.5) is 10.5 Å². The molecule has 2 amide bonds. The standard InChI is InChI=1S/C14H21N3O2/c1-11-2-3-12(10-13(11)16-14(15)18)4-5-17-6-8-19-9-7-17/h2-3,10H,4-9H2,1H3,(H3,15,16,18). The van der Waals surface area contributed by atoms with Gasteiger partial charge in [0.15, 0.2) is 0 Å². The Kier molecular flexibility index (Phi) is 4.76. The first kappa shape index (κ1) is 13.8. The van der Waals surface area contributed by atoms with E-state index in [-0.39, 0.29) is 0 Å². The molecule has 0 saturated carbocycles. The van der Waals surface area contributed by atoms with Crippen molar-refractivity contribution in [2.75, 3.05) is 38.2 Å². The molecule has 19 heavy (non-hydrogen) atoms. The van der Waals surface area contributed by atoms with Gasteiger partial charge in [0.1, 0.15) is 0 Å². The number of nitrogens with zero attached hydrogens (tertiary/aromatic N) is 1. The fourth-order valence-electron chi connectivity index (χ4n) is 2.20. The fourth-order valence-corrected chi connectivity index (χ4v) is 2.20. The molecular formula is C14H21N3O2. The van der Waals surface area contributed by atoms with Crippen molar-refractivity contribution < 1.29 is 9.53 Å². The number of hydrogen-bond donors (Lipinski definition) is 2. The molecule has 2 rings (SSSR count). The summed E-state index contributed by atoms with van der Waals surface area (Å²) in [6.07, 6.45) is 0.966. The van der Waals surface area contributed by atoms with Crippen LogP contribution in [0.15, 0.2) is 18.2 Å². The van der Waals surface area contributed by atoms with E-state index >= 15 is 0 Å². The number of nitrogens with two attached hydrogens (primary N) is 1. The number of anilines is 1. The number of hydrogen-bond acceptors (Lipinski definition) is 3. The average molecular weight is 263 g/mol. The number of benzene rings is 1. The number of carbonyl (C=O) groups is 1. The summed E-state index contributed by atoms with van der Waals surface area (Å²) in [5.74, 6) is 0. The van der Waals surface area contributed by atoms with E-state index in [1.54, 1.807) is 0 Å². The molecule has 1 aromatic carbocycles. The highest BCUT2D eigenvalue weighted by Crippen LogP contribution is 2.17. The Hall–Kier alpha value is -1.59. The Bertz CT molecular complexity index is 442. The van der Waals surface area contributed by atoms with E-state index < -0.39 is 6.03 Å². The Morgan fingerprint density at radius 1 is 1.42 bits per heavy atom. The van der Waals surface area contributed by atoms with Gasteiger partial charge in [-0.25, -0.2) is 4.79 Å². The lowest BCUT2D eigenvalue weighted by atomic mass is 10.1. The number of nitrogens with one attached hydrogen (secondary N) is 1. The van der Waals surface area contributed by atoms with Crippen LogP contribution in [-0.4, -0.2) is 43.8 Å². The van der Waals surface area contributed by atoms with Crippen molar-refractivity contribution in [3.05, 3.63) is 29.3 Å². The Morgan fingerprint density at radius 3 is 2.84 bits per heavy atom. The molecule has 0 aliphatic carbocycles. The van der Waals surface area contributed by atoms with Crippen LogP contribution in [0, 0.1) is 6.92 Å². The van der Waals surface area contributed by atoms with Gasteiger partial charge in [-0.15, -0.1) is 0 Å². The third-order valence-electron chi connectivity index (χ3n) is 3.38. The van der Waals surface area contributed by atoms with Gasteiger partial charge in [-0.1, -0.05) is 12.1 Å². The van der Waals surface area contributed by atoms with Gasteiger partial charge in [-0.3, -0.25) is 4.90 Å². The van der Waals surface area contributed by atoms with E-state index in [1.165, 1.54) is 5.56 Å². The second kappa shape index (κ2) is 6.54. The molecule has 1 heterocycles. The van der Waals surface area contributed by atoms with Gasteiger partial charge in [0.2, 0.25) is 0 Å². The predicted molar refractivity (Wildman–Crippen MR) is 75.3 cm³/mol. The minimum absolute atomic E-state index is 0.520. The highest BCUT2D eigenvalue weighted by Gasteiger charge is 2.10. The molecule has 1 aliphatic heterocycles. The minimum Gasteiger partial charge on any atom is -0.379 e. The maximum Gasteiger partial charge on any atom is 0.316 e. The smallest absolute Gasteiger partial charge is 0.316 e. The molecular weight excluding hydrogens is 242 g/mol. The monoisotopic (exact) mass is 263 g/mol. The van der Waals surface area contributed by atoms with Crippen molar-refractivity contribution in [1.29, 1.82) is 0 Å². The van der Waals surface area contributed by atoms with Crippen molar-refractivity contribution in [3.63, 3.8) is 0 Å². The van der Waals surface area contributed by atoms with Gasteiger partial charge in [-0.2, -0.15) is 0 Å². The summed E-state index contributed by atoms with van der Waals surface area (Å²) in [4.78, 5) is 13.3. The molecule has 0 bridgehead atoms. The summed E-state index contributed by atoms with van der Waals surface area (Å²) in [6, 6.07) is 5.59. The first-order valence-corrected chi connectivity index (χ1v) is 6.61. The molecule has 1 saturated heterocycles. The maximum absolute atomic E-state index is 10.9. The SMILES string of the molecule is Cc1ccc(CCN2CCOCC2)cc1NC(N)=O. The fraction of sp³-hybridized carbons (Fsp3) is 0.500. The van der Waals surface area contributed by atoms with Gasteiger partial charge < -0.3 is 15.8 Å². The summed E-state index contributed by atoms with van der Waals surface area (Å²) >= 11 is 0. The molecule has 5 heteroatoms. The quantitative estimate of drug-likeness (QED) is 0.862. The van der Waals surface area contributed by atoms with E-state index in [1.807, 2.05) is 19.1 Å². The minimum atomic E-state index is -0.520. The van der Waals surface area contributed by atoms with Crippen molar-refractivity contribution in [1.82, 2.24) is 4.90 Å². The zero-order chi connectivity index (χ0) is 13.7. The summed E-state index contributed by atoms with van der Waals surface area (Å²) in [5, 5.41) is 2.66. The average Bonchev–Trinajstić information content (AvgIpc) is 2.40. The summed E-state index contributed by atoms with van der Waals surface area (Å²) in [5.41, 5.74) is 8.19. The second-order valence-electron chi connectivity index (χ2n) is 4.84. The molecule has 3 N–H and O–H groups in total. The normalized spacial score (nSPS) is 16.3. The summed E-state index contributed by atoms with van der Waals surface area (Å²) < 4.78 is 5.33. The highest BCUT2D eigenvalue weighted by atomic mass is 16.5. The number of primary amides is 1. The number of amides is 2. The van der Waals surface area contributed by atoms with Crippen LogP contribution >= 0.6 is 0 Å². The molecule has 1 fully saturated rings. The topological polar surface area (TPSA) is 67.6 Å². The van der Waals surface area contributed by atoms with Gasteiger partial charge in [0.05, 0.1) is 13.2 Å². The summed E-state index contributed by atoms with van der Waals surface area (Å²) in [7, 11) is 0. The lowest BCUT2D eigenvalue weighted by molar-refractivity contribution is 0.0384. The molecule has 1 aliphatic rings. The van der Waals surface area contributed by atoms with Crippen molar-refractivity contribution in [2.24, 2.45) is 5.73 Å². The van der Waals surface area contributed by atoms with Crippen LogP contribution in [0.1, 0.15) is 11.1 Å². The van der Waals surface area contributed by atoms with Crippen molar-refractivity contribution in [3.8, 4) is 0 Å². The van der Waals surface area contributed by atoms with Gasteiger partial charge >= 0.3 is 6.03 Å². The third kappa shape index (κ3) is 4.22. The van der Waals surface area contributed by atoms with Crippen LogP contribution in [-0.2, 0) is 11.2 Å². The Labute approximate surface area is 113 Å². The maximum atomic E-state index is 10.9. The number of aryl methyl sites for hydroxylation is 1. The number of carbonyl (C=O) groups excluding carboxylic acids is 1. The Balaban J connectivity index is 1.94. The van der Waals surface area contributed by atoms with Gasteiger partial charge in [0, 0.05) is 25.3 Å². The lowest BCUT2D eigenvalue weighted by Crippen LogP contribution is -2.37. The van der Waals surface area contributed by atoms with Crippen LogP contribution in [0.5, 0.6) is 0 Å². The van der Waals surface area contributed by atoms with Crippen LogP contribution in [0.2, 0.25) is 0 Å². The number of rotatable bonds is 4. The molecule has 1 aromatic rings. The van der Waals surface area contributed by atoms with E-state index in [4.69, 9.17) is 10.5 Å². The summed E-state index contributed by atoms with van der Waals surface area (Å²) in [6.45, 7) is 6.61. The highest BCUT2D eigenvalue weighted by molar-refractivity contribution is 5.88. The molecule has 0 radical (unpaired) electrons. The first-order valence-electron chi connectivity index (χ1n) is 6.61. The Morgan fingerprint density at radius 2 is 2.16 bits per heavy atom. The number of urea groups is 1. The van der Waals surface area contributed by atoms with E-state index in [2.05, 4.69) is 16.3 Å². The lowest BCUT2D eigenvalue weighted by Gasteiger charge is -2.26. The predicted octanol–water partition coefficient (Wildman–Crippen LogP) is 1.36. The van der Waals surface area contributed by atoms with Crippen LogP contribution < -0.4 is 11.1 Å². The zero-order valence-corrected chi connectivity index (χ0v) is 11.3. The molecule has 0 unspecified atom stereocenters. The largest absolute Gasteiger partial charge is 0.379 e. The van der Waals surface area contributed by atoms with Crippen LogP contribution in [0.3, 0.4) is 0 Å². The number of morpholine rings is 1. The zero-order valence-electron chi connectivity index (χ0n) is 11.3. The molecule has 0 aromatic heterocycles. The van der Waals surface area contributed by atoms with Crippen molar-refractivity contribution in [2.45, 2.75) is 13.3 Å². The van der Waals surface area contributed by atoms with E-state index in [0.717, 1.165) is 50.5 Å². The second-order valence-corrected chi connectivity index (χ2v) is 4.84.